The number of hydrogen-bond acceptors (Lipinski definition) is 6. The Morgan fingerprint density at radius 3 is 0.542 bits per heavy atom. The third kappa shape index (κ3) is 295. The molecule has 0 atom stereocenters. The molecular weight excluding hydrogens is 372 g/mol. The van der Waals surface area contributed by atoms with Crippen LogP contribution in [-0.2, 0) is 0 Å². The first kappa shape index (κ1) is 38.9. The highest BCUT2D eigenvalue weighted by Gasteiger charge is 1.75. The largest absolute Gasteiger partial charge is 0.502 e. The van der Waals surface area contributed by atoms with Gasteiger partial charge in [0.25, 0.3) is 0 Å². The summed E-state index contributed by atoms with van der Waals surface area (Å²) in [5.41, 5.74) is 0. The van der Waals surface area contributed by atoms with Crippen molar-refractivity contribution in [2.45, 2.75) is 60.8 Å². The molecule has 0 radical (unpaired) electrons. The van der Waals surface area contributed by atoms with Gasteiger partial charge in [-0.3, -0.25) is 0 Å². The van der Waals surface area contributed by atoms with E-state index in [9.17, 15) is 0 Å². The van der Waals surface area contributed by atoms with Gasteiger partial charge in [0.05, 0.1) is 0 Å². The summed E-state index contributed by atoms with van der Waals surface area (Å²) in [7, 11) is 0. The van der Waals surface area contributed by atoms with Crippen molar-refractivity contribution in [2.24, 2.45) is 0 Å². The minimum absolute atomic E-state index is 0.0880. The van der Waals surface area contributed by atoms with E-state index in [1.165, 1.54) is 0 Å². The second-order valence-corrected chi connectivity index (χ2v) is 4.60. The van der Waals surface area contributed by atoms with Crippen LogP contribution in [0.3, 0.4) is 0 Å². The molecule has 0 amide bonds. The standard InChI is InChI=1S/3C3H6OS.3C2H6O/c3*1-2-3(4)5;3*1-2-3/h3*2H2,1H3,(H,4,5);3*3H,2H2,1H3. The van der Waals surface area contributed by atoms with Gasteiger partial charge < -0.3 is 30.6 Å². The van der Waals surface area contributed by atoms with Gasteiger partial charge in [0.15, 0.2) is 15.2 Å². The predicted molar refractivity (Wildman–Crippen MR) is 115 cm³/mol. The Hall–Kier alpha value is -0.450. The molecule has 0 aliphatic carbocycles. The summed E-state index contributed by atoms with van der Waals surface area (Å²) in [4.78, 5) is 0. The highest BCUT2D eigenvalue weighted by Crippen LogP contribution is 1.74. The van der Waals surface area contributed by atoms with Gasteiger partial charge >= 0.3 is 0 Å². The van der Waals surface area contributed by atoms with Crippen LogP contribution in [0.25, 0.3) is 0 Å². The third-order valence-corrected chi connectivity index (χ3v) is 1.77. The van der Waals surface area contributed by atoms with Gasteiger partial charge in [-0.15, -0.1) is 0 Å². The normalized spacial score (nSPS) is 6.88. The third-order valence-electron chi connectivity index (χ3n) is 0.907. The van der Waals surface area contributed by atoms with Gasteiger partial charge in [0.2, 0.25) is 0 Å². The lowest BCUT2D eigenvalue weighted by atomic mass is 10.5. The molecule has 0 heterocycles. The summed E-state index contributed by atoms with van der Waals surface area (Å²) in [5, 5.41) is 47.2. The Morgan fingerprint density at radius 1 is 0.500 bits per heavy atom. The lowest BCUT2D eigenvalue weighted by Gasteiger charge is -1.76. The molecule has 0 rings (SSSR count). The summed E-state index contributed by atoms with van der Waals surface area (Å²) >= 11 is 12.8. The van der Waals surface area contributed by atoms with Crippen molar-refractivity contribution in [3.63, 3.8) is 0 Å². The zero-order valence-electron chi connectivity index (χ0n) is 15.7. The molecule has 0 saturated carbocycles. The molecule has 9 heteroatoms. The maximum absolute atomic E-state index is 8.09. The summed E-state index contributed by atoms with van der Waals surface area (Å²) < 4.78 is 0. The van der Waals surface area contributed by atoms with Crippen LogP contribution in [0.1, 0.15) is 60.8 Å². The zero-order chi connectivity index (χ0) is 21.0. The van der Waals surface area contributed by atoms with E-state index >= 15 is 0 Å². The first-order chi connectivity index (χ1) is 11.1. The van der Waals surface area contributed by atoms with Gasteiger partial charge in [0, 0.05) is 39.1 Å². The van der Waals surface area contributed by atoms with Crippen LogP contribution in [0.15, 0.2) is 0 Å². The summed E-state index contributed by atoms with van der Waals surface area (Å²) in [6, 6.07) is 0. The average Bonchev–Trinajstić information content (AvgIpc) is 2.50. The fourth-order valence-electron chi connectivity index (χ4n) is 0. The second-order valence-electron chi connectivity index (χ2n) is 3.19. The van der Waals surface area contributed by atoms with Gasteiger partial charge in [-0.1, -0.05) is 20.8 Å². The average molecular weight is 409 g/mol. The van der Waals surface area contributed by atoms with Crippen LogP contribution in [0.4, 0.5) is 0 Å². The Bertz CT molecular complexity index is 201. The Balaban J connectivity index is -0.0000000413. The number of thiocarbonyl (C=S) groups is 3. The van der Waals surface area contributed by atoms with E-state index in [1.54, 1.807) is 20.8 Å². The fourth-order valence-corrected chi connectivity index (χ4v) is 0. The van der Waals surface area contributed by atoms with Crippen molar-refractivity contribution < 1.29 is 30.6 Å². The predicted octanol–water partition coefficient (Wildman–Crippen LogP) is 3.84. The van der Waals surface area contributed by atoms with E-state index in [1.807, 2.05) is 20.8 Å². The molecule has 0 bridgehead atoms. The van der Waals surface area contributed by atoms with E-state index in [-0.39, 0.29) is 35.0 Å². The van der Waals surface area contributed by atoms with E-state index < -0.39 is 0 Å². The van der Waals surface area contributed by atoms with E-state index in [2.05, 4.69) is 36.7 Å². The maximum atomic E-state index is 8.09. The molecule has 0 saturated heterocycles. The topological polar surface area (TPSA) is 121 Å². The molecular formula is C15H36O6S3. The molecule has 0 spiro atoms. The van der Waals surface area contributed by atoms with Crippen LogP contribution in [0, 0.1) is 0 Å². The van der Waals surface area contributed by atoms with E-state index in [4.69, 9.17) is 30.6 Å². The minimum Gasteiger partial charge on any atom is -0.502 e. The zero-order valence-corrected chi connectivity index (χ0v) is 18.1. The van der Waals surface area contributed by atoms with Crippen molar-refractivity contribution in [1.82, 2.24) is 0 Å². The number of rotatable bonds is 3. The Labute approximate surface area is 163 Å². The molecule has 0 aliphatic heterocycles. The first-order valence-electron chi connectivity index (χ1n) is 7.54. The SMILES string of the molecule is CCC(O)=S.CCC(O)=S.CCC(O)=S.CCO.CCO.CCO. The quantitative estimate of drug-likeness (QED) is 0.387. The molecule has 6 N–H and O–H groups in total. The lowest BCUT2D eigenvalue weighted by Crippen LogP contribution is -1.82. The summed E-state index contributed by atoms with van der Waals surface area (Å²) in [6.45, 7) is 11.2. The van der Waals surface area contributed by atoms with Crippen molar-refractivity contribution in [3.05, 3.63) is 0 Å². The first-order valence-corrected chi connectivity index (χ1v) is 8.76. The van der Waals surface area contributed by atoms with E-state index in [0.29, 0.717) is 19.3 Å². The van der Waals surface area contributed by atoms with Crippen LogP contribution in [0.5, 0.6) is 0 Å². The van der Waals surface area contributed by atoms with E-state index in [0.717, 1.165) is 0 Å². The van der Waals surface area contributed by atoms with Crippen LogP contribution >= 0.6 is 36.7 Å². The Morgan fingerprint density at radius 2 is 0.542 bits per heavy atom. The molecule has 0 unspecified atom stereocenters. The van der Waals surface area contributed by atoms with Gasteiger partial charge in [0.1, 0.15) is 0 Å². The highest BCUT2D eigenvalue weighted by atomic mass is 32.1. The molecule has 0 aromatic carbocycles. The molecule has 0 fully saturated rings. The van der Waals surface area contributed by atoms with Crippen molar-refractivity contribution >= 4 is 51.8 Å². The van der Waals surface area contributed by atoms with Gasteiger partial charge in [-0.2, -0.15) is 0 Å². The van der Waals surface area contributed by atoms with Crippen LogP contribution in [0.2, 0.25) is 0 Å². The number of aliphatic hydroxyl groups excluding tert-OH is 6. The van der Waals surface area contributed by atoms with Gasteiger partial charge in [-0.05, 0) is 57.4 Å². The maximum Gasteiger partial charge on any atom is 0.156 e. The van der Waals surface area contributed by atoms with Gasteiger partial charge in [-0.25, -0.2) is 0 Å². The highest BCUT2D eigenvalue weighted by molar-refractivity contribution is 7.80. The van der Waals surface area contributed by atoms with Crippen LogP contribution < -0.4 is 0 Å². The van der Waals surface area contributed by atoms with Crippen molar-refractivity contribution in [3.8, 4) is 0 Å². The monoisotopic (exact) mass is 408 g/mol. The lowest BCUT2D eigenvalue weighted by molar-refractivity contribution is 0.318. The molecule has 24 heavy (non-hydrogen) atoms. The molecule has 0 aromatic rings. The van der Waals surface area contributed by atoms with Crippen LogP contribution in [-0.4, -0.2) is 65.6 Å². The fraction of sp³-hybridized carbons (Fsp3) is 0.800. The number of hydrogen-bond donors (Lipinski definition) is 6. The summed E-state index contributed by atoms with van der Waals surface area (Å²) in [6.07, 6.45) is 1.78. The van der Waals surface area contributed by atoms with Crippen molar-refractivity contribution in [1.29, 1.82) is 0 Å². The molecule has 0 aromatic heterocycles. The van der Waals surface area contributed by atoms with Crippen molar-refractivity contribution in [2.75, 3.05) is 19.8 Å². The molecule has 150 valence electrons. The number of aliphatic hydroxyl groups is 6. The summed E-state index contributed by atoms with van der Waals surface area (Å²) in [5.74, 6) is 0. The minimum atomic E-state index is 0.0880. The molecule has 6 nitrogen and oxygen atoms in total. The molecule has 0 aliphatic rings. The Kier molecular flexibility index (Phi) is 80.1. The second kappa shape index (κ2) is 49.5. The smallest absolute Gasteiger partial charge is 0.156 e.